The zero-order valence-corrected chi connectivity index (χ0v) is 17.6. The topological polar surface area (TPSA) is 26.0 Å². The van der Waals surface area contributed by atoms with Crippen LogP contribution in [-0.2, 0) is 0 Å². The normalized spacial score (nSPS) is 12.2. The Balaban J connectivity index is -0.000000725. The molecule has 0 saturated carbocycles. The predicted octanol–water partition coefficient (Wildman–Crippen LogP) is 7.30. The van der Waals surface area contributed by atoms with Gasteiger partial charge in [-0.2, -0.15) is 0 Å². The summed E-state index contributed by atoms with van der Waals surface area (Å²) in [4.78, 5) is 0. The molecule has 0 spiro atoms. The van der Waals surface area contributed by atoms with Crippen molar-refractivity contribution in [3.8, 4) is 0 Å². The molecule has 0 amide bonds. The van der Waals surface area contributed by atoms with Crippen LogP contribution in [0.15, 0.2) is 79.4 Å². The van der Waals surface area contributed by atoms with Gasteiger partial charge < -0.3 is 5.73 Å². The lowest BCUT2D eigenvalue weighted by Gasteiger charge is -2.17. The standard InChI is InChI=1S/C19H24.2C2H6.CH5N/c1-5-11-17(15-14-16(4)6-2)19(7-3)18-12-9-8-10-13-18;3*1-2/h5-6,8-16,19H,1-2,7H2,3-4H3;2*1-2H3;2H2,1H3/b15-14-,17-11-;;;. The second kappa shape index (κ2) is 22.1. The molecule has 0 aliphatic rings. The van der Waals surface area contributed by atoms with Gasteiger partial charge in [0.05, 0.1) is 0 Å². The van der Waals surface area contributed by atoms with Crippen LogP contribution in [0.3, 0.4) is 0 Å². The van der Waals surface area contributed by atoms with Crippen LogP contribution in [0.25, 0.3) is 0 Å². The molecule has 1 nitrogen and oxygen atoms in total. The van der Waals surface area contributed by atoms with Gasteiger partial charge in [0.1, 0.15) is 0 Å². The molecule has 0 aliphatic carbocycles. The summed E-state index contributed by atoms with van der Waals surface area (Å²) in [6, 6.07) is 10.6. The molecule has 1 heteroatoms. The van der Waals surface area contributed by atoms with Crippen LogP contribution in [-0.4, -0.2) is 7.05 Å². The number of allylic oxidation sites excluding steroid dienone is 6. The number of rotatable bonds is 7. The summed E-state index contributed by atoms with van der Waals surface area (Å²) >= 11 is 0. The lowest BCUT2D eigenvalue weighted by Crippen LogP contribution is -2.00. The molecule has 0 fully saturated rings. The molecule has 0 heterocycles. The van der Waals surface area contributed by atoms with Crippen LogP contribution in [0, 0.1) is 5.92 Å². The maximum absolute atomic E-state index is 4.50. The maximum Gasteiger partial charge on any atom is 0.00866 e. The van der Waals surface area contributed by atoms with E-state index in [9.17, 15) is 0 Å². The Morgan fingerprint density at radius 3 is 1.96 bits per heavy atom. The lowest BCUT2D eigenvalue weighted by molar-refractivity contribution is 0.774. The van der Waals surface area contributed by atoms with E-state index in [1.54, 1.807) is 0 Å². The zero-order chi connectivity index (χ0) is 20.1. The largest absolute Gasteiger partial charge is 0.333 e. The third-order valence-corrected chi connectivity index (χ3v) is 3.29. The van der Waals surface area contributed by atoms with Gasteiger partial charge in [-0.05, 0) is 30.5 Å². The van der Waals surface area contributed by atoms with Crippen molar-refractivity contribution in [2.24, 2.45) is 11.7 Å². The Kier molecular flexibility index (Phi) is 24.8. The van der Waals surface area contributed by atoms with Gasteiger partial charge in [-0.15, -0.1) is 6.58 Å². The van der Waals surface area contributed by atoms with Crippen molar-refractivity contribution >= 4 is 0 Å². The lowest BCUT2D eigenvalue weighted by atomic mass is 9.88. The second-order valence-electron chi connectivity index (χ2n) is 4.73. The van der Waals surface area contributed by atoms with E-state index in [0.717, 1.165) is 6.42 Å². The van der Waals surface area contributed by atoms with Crippen molar-refractivity contribution < 1.29 is 0 Å². The highest BCUT2D eigenvalue weighted by Gasteiger charge is 2.11. The summed E-state index contributed by atoms with van der Waals surface area (Å²) in [5.41, 5.74) is 7.16. The molecule has 2 unspecified atom stereocenters. The quantitative estimate of drug-likeness (QED) is 0.408. The van der Waals surface area contributed by atoms with E-state index in [1.165, 1.54) is 18.2 Å². The fraction of sp³-hybridized carbons (Fsp3) is 0.417. The van der Waals surface area contributed by atoms with Gasteiger partial charge in [0.15, 0.2) is 0 Å². The third-order valence-electron chi connectivity index (χ3n) is 3.29. The average molecular weight is 344 g/mol. The van der Waals surface area contributed by atoms with Gasteiger partial charge in [0.25, 0.3) is 0 Å². The number of hydrogen-bond donors (Lipinski definition) is 1. The minimum Gasteiger partial charge on any atom is -0.333 e. The molecular formula is C24H41N. The Morgan fingerprint density at radius 1 is 1.04 bits per heavy atom. The van der Waals surface area contributed by atoms with E-state index in [4.69, 9.17) is 0 Å². The molecule has 1 aromatic carbocycles. The molecule has 0 bridgehead atoms. The molecule has 25 heavy (non-hydrogen) atoms. The van der Waals surface area contributed by atoms with Crippen molar-refractivity contribution in [1.82, 2.24) is 0 Å². The Morgan fingerprint density at radius 2 is 1.56 bits per heavy atom. The fourth-order valence-corrected chi connectivity index (χ4v) is 2.11. The molecule has 0 aliphatic heterocycles. The SMILES string of the molecule is C=C/C=C(/C=C\C(C)C=C)C(CC)c1ccccc1.CC.CC.CN. The van der Waals surface area contributed by atoms with Crippen LogP contribution in [0.4, 0.5) is 0 Å². The first-order valence-corrected chi connectivity index (χ1v) is 9.49. The molecule has 2 atom stereocenters. The number of hydrogen-bond acceptors (Lipinski definition) is 1. The first kappa shape index (κ1) is 28.0. The zero-order valence-electron chi connectivity index (χ0n) is 17.6. The van der Waals surface area contributed by atoms with Crippen LogP contribution in [0.5, 0.6) is 0 Å². The second-order valence-corrected chi connectivity index (χ2v) is 4.73. The molecular weight excluding hydrogens is 302 g/mol. The van der Waals surface area contributed by atoms with Gasteiger partial charge >= 0.3 is 0 Å². The average Bonchev–Trinajstić information content (AvgIpc) is 2.71. The monoisotopic (exact) mass is 343 g/mol. The van der Waals surface area contributed by atoms with Gasteiger partial charge in [-0.25, -0.2) is 0 Å². The van der Waals surface area contributed by atoms with E-state index < -0.39 is 0 Å². The Labute approximate surface area is 158 Å². The summed E-state index contributed by atoms with van der Waals surface area (Å²) in [5.74, 6) is 0.814. The highest BCUT2D eigenvalue weighted by molar-refractivity contribution is 5.37. The third kappa shape index (κ3) is 13.1. The summed E-state index contributed by atoms with van der Waals surface area (Å²) in [7, 11) is 1.50. The van der Waals surface area contributed by atoms with Crippen LogP contribution < -0.4 is 5.73 Å². The van der Waals surface area contributed by atoms with Crippen LogP contribution >= 0.6 is 0 Å². The minimum absolute atomic E-state index is 0.390. The summed E-state index contributed by atoms with van der Waals surface area (Å²) < 4.78 is 0. The smallest absolute Gasteiger partial charge is 0.00866 e. The summed E-state index contributed by atoms with van der Waals surface area (Å²) in [6.07, 6.45) is 11.4. The van der Waals surface area contributed by atoms with Gasteiger partial charge in [-0.3, -0.25) is 0 Å². The first-order chi connectivity index (χ1) is 12.2. The van der Waals surface area contributed by atoms with Gasteiger partial charge in [0.2, 0.25) is 0 Å². The van der Waals surface area contributed by atoms with E-state index in [2.05, 4.69) is 81.3 Å². The number of nitrogens with two attached hydrogens (primary N) is 1. The Hall–Kier alpha value is -1.86. The molecule has 1 rings (SSSR count). The predicted molar refractivity (Wildman–Crippen MR) is 119 cm³/mol. The van der Waals surface area contributed by atoms with Crippen molar-refractivity contribution in [2.45, 2.75) is 53.9 Å². The summed E-state index contributed by atoms with van der Waals surface area (Å²) in [5, 5.41) is 0. The van der Waals surface area contributed by atoms with E-state index in [1.807, 2.05) is 39.8 Å². The maximum atomic E-state index is 4.50. The summed E-state index contributed by atoms with van der Waals surface area (Å²) in [6.45, 7) is 20.0. The van der Waals surface area contributed by atoms with Crippen LogP contribution in [0.2, 0.25) is 0 Å². The van der Waals surface area contributed by atoms with Crippen LogP contribution in [0.1, 0.15) is 59.4 Å². The molecule has 0 aromatic heterocycles. The van der Waals surface area contributed by atoms with Crippen molar-refractivity contribution in [3.63, 3.8) is 0 Å². The van der Waals surface area contributed by atoms with Gasteiger partial charge in [-0.1, -0.05) is 109 Å². The molecule has 0 saturated heterocycles. The number of benzene rings is 1. The molecule has 2 N–H and O–H groups in total. The van der Waals surface area contributed by atoms with Crippen molar-refractivity contribution in [2.75, 3.05) is 7.05 Å². The van der Waals surface area contributed by atoms with E-state index in [-0.39, 0.29) is 0 Å². The van der Waals surface area contributed by atoms with E-state index in [0.29, 0.717) is 11.8 Å². The highest BCUT2D eigenvalue weighted by Crippen LogP contribution is 2.28. The highest BCUT2D eigenvalue weighted by atomic mass is 14.4. The fourth-order valence-electron chi connectivity index (χ4n) is 2.11. The molecule has 1 aromatic rings. The minimum atomic E-state index is 0.390. The molecule has 142 valence electrons. The first-order valence-electron chi connectivity index (χ1n) is 9.49. The van der Waals surface area contributed by atoms with Crippen molar-refractivity contribution in [1.29, 1.82) is 0 Å². The van der Waals surface area contributed by atoms with Crippen molar-refractivity contribution in [3.05, 3.63) is 85.0 Å². The molecule has 0 radical (unpaired) electrons. The Bertz CT molecular complexity index is 454. The van der Waals surface area contributed by atoms with E-state index >= 15 is 0 Å². The van der Waals surface area contributed by atoms with Gasteiger partial charge in [0, 0.05) is 5.92 Å².